The summed E-state index contributed by atoms with van der Waals surface area (Å²) in [7, 11) is 1.57. The lowest BCUT2D eigenvalue weighted by Gasteiger charge is -2.32. The van der Waals surface area contributed by atoms with Crippen LogP contribution in [0.4, 0.5) is 15.8 Å². The molecule has 2 aromatic carbocycles. The summed E-state index contributed by atoms with van der Waals surface area (Å²) in [6.45, 7) is 2.19. The number of halogens is 3. The fraction of sp³-hybridized carbons (Fsp3) is 0.350. The van der Waals surface area contributed by atoms with E-state index in [1.165, 1.54) is 6.07 Å². The summed E-state index contributed by atoms with van der Waals surface area (Å²) in [4.78, 5) is 14.9. The highest BCUT2D eigenvalue weighted by atomic mass is 35.5. The second-order valence-corrected chi connectivity index (χ2v) is 6.65. The minimum atomic E-state index is -0.234. The van der Waals surface area contributed by atoms with Crippen LogP contribution in [0.15, 0.2) is 42.5 Å². The van der Waals surface area contributed by atoms with Gasteiger partial charge in [0.2, 0.25) is 5.91 Å². The molecule has 2 aromatic rings. The molecule has 1 heterocycles. The first-order chi connectivity index (χ1) is 12.5. The number of nitrogens with two attached hydrogens (primary N) is 1. The Morgan fingerprint density at radius 3 is 2.79 bits per heavy atom. The van der Waals surface area contributed by atoms with Crippen molar-refractivity contribution >= 4 is 42.1 Å². The van der Waals surface area contributed by atoms with Crippen molar-refractivity contribution in [2.75, 3.05) is 31.2 Å². The number of methoxy groups -OCH3 is 1. The van der Waals surface area contributed by atoms with Crippen LogP contribution in [0, 0.1) is 11.7 Å². The number of likely N-dealkylation sites (tertiary alicyclic amines) is 1. The molecule has 8 heteroatoms. The number of carbonyl (C=O) groups is 1. The van der Waals surface area contributed by atoms with E-state index in [-0.39, 0.29) is 42.5 Å². The molecule has 1 atom stereocenters. The molecule has 0 aliphatic carbocycles. The molecule has 0 spiro atoms. The minimum absolute atomic E-state index is 0. The van der Waals surface area contributed by atoms with Crippen molar-refractivity contribution in [3.8, 4) is 5.75 Å². The van der Waals surface area contributed by atoms with Crippen LogP contribution in [0.2, 0.25) is 0 Å². The highest BCUT2D eigenvalue weighted by Crippen LogP contribution is 2.26. The standard InChI is InChI=1S/C20H24FN3O2.2ClH/c1-26-17-7-8-18(22)19(11-17)23-20(25)15-5-3-9-24(13-15)12-14-4-2-6-16(21)10-14;;/h2,4,6-8,10-11,15H,3,5,9,12-13,22H2,1H3,(H,23,25);2*1H. The number of hydrogen-bond acceptors (Lipinski definition) is 4. The quantitative estimate of drug-likeness (QED) is 0.701. The van der Waals surface area contributed by atoms with E-state index in [2.05, 4.69) is 10.2 Å². The first kappa shape index (κ1) is 24.0. The number of nitrogen functional groups attached to an aromatic ring is 1. The number of piperidine rings is 1. The van der Waals surface area contributed by atoms with Crippen LogP contribution < -0.4 is 15.8 Å². The van der Waals surface area contributed by atoms with E-state index in [1.54, 1.807) is 37.4 Å². The average molecular weight is 430 g/mol. The molecule has 3 N–H and O–H groups in total. The number of nitrogens with one attached hydrogen (secondary N) is 1. The number of hydrogen-bond donors (Lipinski definition) is 2. The molecule has 1 saturated heterocycles. The van der Waals surface area contributed by atoms with Gasteiger partial charge in [-0.05, 0) is 49.2 Å². The Balaban J connectivity index is 0.00000196. The van der Waals surface area contributed by atoms with E-state index in [0.29, 0.717) is 30.2 Å². The van der Waals surface area contributed by atoms with Gasteiger partial charge in [0, 0.05) is 19.2 Å². The van der Waals surface area contributed by atoms with E-state index in [0.717, 1.165) is 24.9 Å². The van der Waals surface area contributed by atoms with E-state index in [1.807, 2.05) is 6.07 Å². The monoisotopic (exact) mass is 429 g/mol. The molecule has 0 aromatic heterocycles. The van der Waals surface area contributed by atoms with Gasteiger partial charge in [-0.2, -0.15) is 0 Å². The number of ether oxygens (including phenoxy) is 1. The molecule has 0 saturated carbocycles. The summed E-state index contributed by atoms with van der Waals surface area (Å²) in [6, 6.07) is 11.8. The summed E-state index contributed by atoms with van der Waals surface area (Å²) in [6.07, 6.45) is 1.76. The maximum Gasteiger partial charge on any atom is 0.228 e. The van der Waals surface area contributed by atoms with Crippen LogP contribution in [0.25, 0.3) is 0 Å². The molecule has 5 nitrogen and oxygen atoms in total. The number of rotatable bonds is 5. The summed E-state index contributed by atoms with van der Waals surface area (Å²) in [5, 5.41) is 2.92. The van der Waals surface area contributed by atoms with Crippen LogP contribution in [0.1, 0.15) is 18.4 Å². The van der Waals surface area contributed by atoms with Gasteiger partial charge in [0.1, 0.15) is 11.6 Å². The first-order valence-electron chi connectivity index (χ1n) is 8.76. The zero-order valence-electron chi connectivity index (χ0n) is 15.7. The lowest BCUT2D eigenvalue weighted by atomic mass is 9.96. The summed E-state index contributed by atoms with van der Waals surface area (Å²) < 4.78 is 18.5. The molecule has 1 aliphatic heterocycles. The minimum Gasteiger partial charge on any atom is -0.497 e. The Kier molecular flexibility index (Phi) is 9.52. The van der Waals surface area contributed by atoms with Crippen LogP contribution >= 0.6 is 24.8 Å². The molecule has 3 rings (SSSR count). The molecule has 1 fully saturated rings. The van der Waals surface area contributed by atoms with Gasteiger partial charge in [0.15, 0.2) is 0 Å². The molecular formula is C20H26Cl2FN3O2. The summed E-state index contributed by atoms with van der Waals surface area (Å²) >= 11 is 0. The SMILES string of the molecule is COc1ccc(N)c(NC(=O)C2CCCN(Cc3cccc(F)c3)C2)c1.Cl.Cl. The van der Waals surface area contributed by atoms with Gasteiger partial charge in [-0.15, -0.1) is 24.8 Å². The Morgan fingerprint density at radius 1 is 1.29 bits per heavy atom. The fourth-order valence-electron chi connectivity index (χ4n) is 3.31. The molecule has 0 bridgehead atoms. The Bertz CT molecular complexity index is 792. The highest BCUT2D eigenvalue weighted by Gasteiger charge is 2.26. The van der Waals surface area contributed by atoms with Crippen molar-refractivity contribution in [2.24, 2.45) is 5.92 Å². The lowest BCUT2D eigenvalue weighted by Crippen LogP contribution is -2.40. The van der Waals surface area contributed by atoms with E-state index >= 15 is 0 Å². The number of carbonyl (C=O) groups excluding carboxylic acids is 1. The largest absolute Gasteiger partial charge is 0.497 e. The topological polar surface area (TPSA) is 67.6 Å². The Labute approximate surface area is 177 Å². The molecule has 1 unspecified atom stereocenters. The van der Waals surface area contributed by atoms with Gasteiger partial charge in [0.05, 0.1) is 24.4 Å². The zero-order valence-corrected chi connectivity index (χ0v) is 17.3. The molecular weight excluding hydrogens is 404 g/mol. The maximum absolute atomic E-state index is 13.4. The van der Waals surface area contributed by atoms with E-state index in [4.69, 9.17) is 10.5 Å². The van der Waals surface area contributed by atoms with Crippen molar-refractivity contribution in [2.45, 2.75) is 19.4 Å². The van der Waals surface area contributed by atoms with Crippen molar-refractivity contribution in [3.05, 3.63) is 53.8 Å². The molecule has 154 valence electrons. The normalized spacial score (nSPS) is 16.4. The second kappa shape index (κ2) is 11.1. The van der Waals surface area contributed by atoms with Gasteiger partial charge in [-0.3, -0.25) is 9.69 Å². The van der Waals surface area contributed by atoms with Gasteiger partial charge < -0.3 is 15.8 Å². The van der Waals surface area contributed by atoms with E-state index < -0.39 is 0 Å². The number of benzene rings is 2. The predicted octanol–water partition coefficient (Wildman–Crippen LogP) is 4.11. The van der Waals surface area contributed by atoms with Crippen molar-refractivity contribution in [1.29, 1.82) is 0 Å². The lowest BCUT2D eigenvalue weighted by molar-refractivity contribution is -0.121. The zero-order chi connectivity index (χ0) is 18.5. The average Bonchev–Trinajstić information content (AvgIpc) is 2.64. The van der Waals surface area contributed by atoms with Gasteiger partial charge in [-0.1, -0.05) is 12.1 Å². The third-order valence-corrected chi connectivity index (χ3v) is 4.69. The van der Waals surface area contributed by atoms with Gasteiger partial charge in [-0.25, -0.2) is 4.39 Å². The van der Waals surface area contributed by atoms with Crippen LogP contribution in [0.5, 0.6) is 5.75 Å². The van der Waals surface area contributed by atoms with Crippen LogP contribution in [-0.4, -0.2) is 31.0 Å². The van der Waals surface area contributed by atoms with Crippen molar-refractivity contribution in [3.63, 3.8) is 0 Å². The Morgan fingerprint density at radius 2 is 2.07 bits per heavy atom. The molecule has 28 heavy (non-hydrogen) atoms. The first-order valence-corrected chi connectivity index (χ1v) is 8.76. The number of amides is 1. The Hall–Kier alpha value is -2.02. The number of nitrogens with zero attached hydrogens (tertiary/aromatic N) is 1. The fourth-order valence-corrected chi connectivity index (χ4v) is 3.31. The van der Waals surface area contributed by atoms with Gasteiger partial charge in [0.25, 0.3) is 0 Å². The van der Waals surface area contributed by atoms with E-state index in [9.17, 15) is 9.18 Å². The third kappa shape index (κ3) is 6.26. The summed E-state index contributed by atoms with van der Waals surface area (Å²) in [5.41, 5.74) is 7.94. The van der Waals surface area contributed by atoms with Gasteiger partial charge >= 0.3 is 0 Å². The maximum atomic E-state index is 13.4. The summed E-state index contributed by atoms with van der Waals surface area (Å²) in [5.74, 6) is 0.241. The highest BCUT2D eigenvalue weighted by molar-refractivity contribution is 5.95. The van der Waals surface area contributed by atoms with Crippen LogP contribution in [0.3, 0.4) is 0 Å². The smallest absolute Gasteiger partial charge is 0.228 e. The predicted molar refractivity (Wildman–Crippen MR) is 115 cm³/mol. The molecule has 1 aliphatic rings. The molecule has 1 amide bonds. The number of anilines is 2. The van der Waals surface area contributed by atoms with Crippen LogP contribution in [-0.2, 0) is 11.3 Å². The van der Waals surface area contributed by atoms with Crippen molar-refractivity contribution in [1.82, 2.24) is 4.90 Å². The van der Waals surface area contributed by atoms with Crippen molar-refractivity contribution < 1.29 is 13.9 Å². The third-order valence-electron chi connectivity index (χ3n) is 4.69. The second-order valence-electron chi connectivity index (χ2n) is 6.65. The molecule has 0 radical (unpaired) electrons.